The number of carbonyl (C=O) groups is 1. The Balaban J connectivity index is 2.65. The van der Waals surface area contributed by atoms with E-state index in [9.17, 15) is 4.79 Å². The van der Waals surface area contributed by atoms with Gasteiger partial charge in [0.15, 0.2) is 5.82 Å². The molecule has 1 rings (SSSR count). The molecule has 1 heterocycles. The van der Waals surface area contributed by atoms with Gasteiger partial charge in [-0.05, 0) is 41.5 Å². The smallest absolute Gasteiger partial charge is 0.413 e. The number of nitrogens with one attached hydrogen (secondary N) is 1. The fourth-order valence-electron chi connectivity index (χ4n) is 1.06. The molecular weight excluding hydrogens is 220 g/mol. The molecule has 1 N–H and O–H groups in total. The number of aromatic nitrogens is 3. The average molecular weight is 240 g/mol. The van der Waals surface area contributed by atoms with Crippen molar-refractivity contribution in [3.05, 3.63) is 6.20 Å². The van der Waals surface area contributed by atoms with Crippen molar-refractivity contribution < 1.29 is 9.53 Å². The van der Waals surface area contributed by atoms with E-state index in [0.717, 1.165) is 0 Å². The molecule has 0 spiro atoms. The number of amides is 1. The topological polar surface area (TPSA) is 69.0 Å². The summed E-state index contributed by atoms with van der Waals surface area (Å²) in [5.74, 6) is 0.383. The minimum Gasteiger partial charge on any atom is -0.444 e. The summed E-state index contributed by atoms with van der Waals surface area (Å²) in [4.78, 5) is 11.5. The quantitative estimate of drug-likeness (QED) is 0.818. The first-order valence-electron chi connectivity index (χ1n) is 5.51. The predicted molar refractivity (Wildman–Crippen MR) is 64.9 cm³/mol. The largest absolute Gasteiger partial charge is 0.444 e. The number of carbonyl (C=O) groups excluding carboxylic acids is 1. The maximum Gasteiger partial charge on any atom is 0.413 e. The number of hydrogen-bond donors (Lipinski definition) is 1. The van der Waals surface area contributed by atoms with Crippen molar-refractivity contribution in [1.29, 1.82) is 0 Å². The molecule has 0 atom stereocenters. The molecule has 0 fully saturated rings. The van der Waals surface area contributed by atoms with Crippen LogP contribution < -0.4 is 5.32 Å². The minimum atomic E-state index is -0.529. The zero-order chi connectivity index (χ0) is 13.3. The van der Waals surface area contributed by atoms with Crippen LogP contribution in [-0.2, 0) is 10.3 Å². The second kappa shape index (κ2) is 4.35. The van der Waals surface area contributed by atoms with E-state index in [2.05, 4.69) is 15.6 Å². The van der Waals surface area contributed by atoms with Crippen LogP contribution in [0.2, 0.25) is 0 Å². The molecule has 1 aromatic rings. The van der Waals surface area contributed by atoms with Crippen LogP contribution in [0.15, 0.2) is 6.20 Å². The summed E-state index contributed by atoms with van der Waals surface area (Å²) in [5.41, 5.74) is -0.690. The molecule has 96 valence electrons. The third-order valence-corrected chi connectivity index (χ3v) is 1.81. The van der Waals surface area contributed by atoms with Crippen LogP contribution in [0.25, 0.3) is 0 Å². The number of ether oxygens (including phenoxy) is 1. The van der Waals surface area contributed by atoms with Crippen molar-refractivity contribution in [3.8, 4) is 0 Å². The molecule has 6 nitrogen and oxygen atoms in total. The van der Waals surface area contributed by atoms with Gasteiger partial charge in [0, 0.05) is 0 Å². The predicted octanol–water partition coefficient (Wildman–Crippen LogP) is 2.38. The van der Waals surface area contributed by atoms with E-state index in [-0.39, 0.29) is 5.54 Å². The lowest BCUT2D eigenvalue weighted by Gasteiger charge is -2.19. The van der Waals surface area contributed by atoms with Gasteiger partial charge in [0.25, 0.3) is 0 Å². The van der Waals surface area contributed by atoms with E-state index in [1.807, 2.05) is 20.8 Å². The molecule has 1 aromatic heterocycles. The molecule has 0 aliphatic heterocycles. The molecule has 17 heavy (non-hydrogen) atoms. The number of nitrogens with zero attached hydrogens (tertiary/aromatic N) is 3. The Kier molecular flexibility index (Phi) is 3.45. The van der Waals surface area contributed by atoms with Crippen LogP contribution in [0.3, 0.4) is 0 Å². The summed E-state index contributed by atoms with van der Waals surface area (Å²) < 4.78 is 6.79. The van der Waals surface area contributed by atoms with Gasteiger partial charge < -0.3 is 4.74 Å². The molecule has 0 radical (unpaired) electrons. The van der Waals surface area contributed by atoms with Crippen molar-refractivity contribution in [2.24, 2.45) is 0 Å². The van der Waals surface area contributed by atoms with Crippen LogP contribution in [0.4, 0.5) is 10.6 Å². The lowest BCUT2D eigenvalue weighted by Crippen LogP contribution is -2.27. The van der Waals surface area contributed by atoms with Gasteiger partial charge in [-0.15, -0.1) is 5.10 Å². The molecule has 0 unspecified atom stereocenters. The summed E-state index contributed by atoms with van der Waals surface area (Å²) in [6.07, 6.45) is 1.14. The average Bonchev–Trinajstić information content (AvgIpc) is 2.47. The Morgan fingerprint density at radius 1 is 1.29 bits per heavy atom. The fraction of sp³-hybridized carbons (Fsp3) is 0.727. The highest BCUT2D eigenvalue weighted by atomic mass is 16.6. The maximum absolute atomic E-state index is 11.5. The number of anilines is 1. The van der Waals surface area contributed by atoms with Gasteiger partial charge in [-0.2, -0.15) is 0 Å². The van der Waals surface area contributed by atoms with E-state index in [1.165, 1.54) is 0 Å². The first-order valence-corrected chi connectivity index (χ1v) is 5.51. The third kappa shape index (κ3) is 4.42. The fourth-order valence-corrected chi connectivity index (χ4v) is 1.06. The van der Waals surface area contributed by atoms with Gasteiger partial charge in [0.05, 0.1) is 11.7 Å². The monoisotopic (exact) mass is 240 g/mol. The van der Waals surface area contributed by atoms with Crippen LogP contribution in [0, 0.1) is 0 Å². The van der Waals surface area contributed by atoms with Gasteiger partial charge in [-0.3, -0.25) is 5.32 Å². The Hall–Kier alpha value is -1.59. The van der Waals surface area contributed by atoms with Crippen molar-refractivity contribution in [2.45, 2.75) is 52.7 Å². The molecule has 0 aliphatic carbocycles. The Bertz CT molecular complexity index is 398. The molecule has 0 bridgehead atoms. The van der Waals surface area contributed by atoms with Crippen molar-refractivity contribution in [3.63, 3.8) is 0 Å². The van der Waals surface area contributed by atoms with Crippen molar-refractivity contribution >= 4 is 11.9 Å². The van der Waals surface area contributed by atoms with E-state index < -0.39 is 11.7 Å². The van der Waals surface area contributed by atoms with Crippen LogP contribution in [-0.4, -0.2) is 26.7 Å². The van der Waals surface area contributed by atoms with Gasteiger partial charge in [-0.1, -0.05) is 5.21 Å². The molecule has 0 saturated carbocycles. The van der Waals surface area contributed by atoms with E-state index in [1.54, 1.807) is 31.6 Å². The number of rotatable bonds is 1. The lowest BCUT2D eigenvalue weighted by atomic mass is 10.1. The highest BCUT2D eigenvalue weighted by Crippen LogP contribution is 2.14. The summed E-state index contributed by atoms with van der Waals surface area (Å²) in [6.45, 7) is 11.4. The Labute approximate surface area is 101 Å². The second-order valence-corrected chi connectivity index (χ2v) is 5.85. The normalized spacial score (nSPS) is 12.4. The van der Waals surface area contributed by atoms with Crippen molar-refractivity contribution in [2.75, 3.05) is 5.32 Å². The summed E-state index contributed by atoms with van der Waals surface area (Å²) in [6, 6.07) is 0. The van der Waals surface area contributed by atoms with Crippen molar-refractivity contribution in [1.82, 2.24) is 15.0 Å². The molecule has 0 aliphatic rings. The first kappa shape index (κ1) is 13.5. The second-order valence-electron chi connectivity index (χ2n) is 5.85. The van der Waals surface area contributed by atoms with E-state index in [4.69, 9.17) is 4.74 Å². The van der Waals surface area contributed by atoms with Crippen LogP contribution in [0.5, 0.6) is 0 Å². The molecule has 1 amide bonds. The van der Waals surface area contributed by atoms with Crippen LogP contribution >= 0.6 is 0 Å². The Morgan fingerprint density at radius 3 is 2.29 bits per heavy atom. The Morgan fingerprint density at radius 2 is 1.88 bits per heavy atom. The zero-order valence-corrected chi connectivity index (χ0v) is 11.2. The highest BCUT2D eigenvalue weighted by molar-refractivity contribution is 5.83. The zero-order valence-electron chi connectivity index (χ0n) is 11.2. The van der Waals surface area contributed by atoms with Crippen LogP contribution in [0.1, 0.15) is 41.5 Å². The maximum atomic E-state index is 11.5. The lowest BCUT2D eigenvalue weighted by molar-refractivity contribution is 0.0635. The van der Waals surface area contributed by atoms with E-state index >= 15 is 0 Å². The standard InChI is InChI=1S/C11H20N4O2/c1-10(2,3)15-7-8(13-14-15)12-9(16)17-11(4,5)6/h7H,1-6H3,(H,12,16). The van der Waals surface area contributed by atoms with Gasteiger partial charge in [0.2, 0.25) is 0 Å². The van der Waals surface area contributed by atoms with Gasteiger partial charge in [0.1, 0.15) is 5.60 Å². The molecule has 6 heteroatoms. The highest BCUT2D eigenvalue weighted by Gasteiger charge is 2.19. The third-order valence-electron chi connectivity index (χ3n) is 1.81. The number of hydrogen-bond acceptors (Lipinski definition) is 4. The van der Waals surface area contributed by atoms with E-state index in [0.29, 0.717) is 5.82 Å². The van der Waals surface area contributed by atoms with Gasteiger partial charge >= 0.3 is 6.09 Å². The summed E-state index contributed by atoms with van der Waals surface area (Å²) in [7, 11) is 0. The molecule has 0 saturated heterocycles. The summed E-state index contributed by atoms with van der Waals surface area (Å²) >= 11 is 0. The molecular formula is C11H20N4O2. The first-order chi connectivity index (χ1) is 7.58. The minimum absolute atomic E-state index is 0.166. The summed E-state index contributed by atoms with van der Waals surface area (Å²) in [5, 5.41) is 10.3. The van der Waals surface area contributed by atoms with Gasteiger partial charge in [-0.25, -0.2) is 9.48 Å². The SMILES string of the molecule is CC(C)(C)OC(=O)Nc1cn(C(C)(C)C)nn1. The molecule has 0 aromatic carbocycles.